The fraction of sp³-hybridized carbons (Fsp3) is 0.474. The van der Waals surface area contributed by atoms with Crippen molar-refractivity contribution >= 4 is 5.96 Å². The fourth-order valence-electron chi connectivity index (χ4n) is 2.58. The third-order valence-electron chi connectivity index (χ3n) is 4.33. The molecule has 27 heavy (non-hydrogen) atoms. The summed E-state index contributed by atoms with van der Waals surface area (Å²) in [5.41, 5.74) is 0.436. The van der Waals surface area contributed by atoms with Crippen LogP contribution in [0.15, 0.2) is 41.5 Å². The van der Waals surface area contributed by atoms with E-state index >= 15 is 0 Å². The van der Waals surface area contributed by atoms with Gasteiger partial charge in [-0.25, -0.2) is 4.99 Å². The minimum Gasteiger partial charge on any atom is -0.357 e. The van der Waals surface area contributed by atoms with Gasteiger partial charge in [0.15, 0.2) is 5.96 Å². The van der Waals surface area contributed by atoms with E-state index in [-0.39, 0.29) is 0 Å². The lowest BCUT2D eigenvalue weighted by Crippen LogP contribution is -2.43. The zero-order valence-electron chi connectivity index (χ0n) is 16.1. The molecule has 0 aliphatic heterocycles. The van der Waals surface area contributed by atoms with Gasteiger partial charge in [-0.1, -0.05) is 32.0 Å². The molecule has 0 radical (unpaired) electrons. The first-order valence-electron chi connectivity index (χ1n) is 8.80. The van der Waals surface area contributed by atoms with Crippen LogP contribution in [-0.4, -0.2) is 28.8 Å². The van der Waals surface area contributed by atoms with E-state index in [0.29, 0.717) is 31.2 Å². The van der Waals surface area contributed by atoms with Crippen LogP contribution < -0.4 is 10.6 Å². The number of aliphatic imine (C=N–C) groups is 1. The Kier molecular flexibility index (Phi) is 6.51. The first-order chi connectivity index (χ1) is 12.6. The maximum absolute atomic E-state index is 13.0. The van der Waals surface area contributed by atoms with Gasteiger partial charge in [-0.15, -0.1) is 0 Å². The lowest BCUT2D eigenvalue weighted by Gasteiger charge is -2.27. The predicted octanol–water partition coefficient (Wildman–Crippen LogP) is 3.47. The van der Waals surface area contributed by atoms with Crippen molar-refractivity contribution in [3.05, 3.63) is 53.3 Å². The largest absolute Gasteiger partial charge is 0.416 e. The van der Waals surface area contributed by atoms with E-state index in [1.165, 1.54) is 12.1 Å². The number of halogens is 3. The predicted molar refractivity (Wildman–Crippen MR) is 100 cm³/mol. The summed E-state index contributed by atoms with van der Waals surface area (Å²) in [6.07, 6.45) is -2.64. The van der Waals surface area contributed by atoms with E-state index in [9.17, 15) is 13.2 Å². The van der Waals surface area contributed by atoms with Crippen molar-refractivity contribution in [3.8, 4) is 0 Å². The van der Waals surface area contributed by atoms with Crippen LogP contribution >= 0.6 is 0 Å². The van der Waals surface area contributed by atoms with Gasteiger partial charge < -0.3 is 10.6 Å². The topological polar surface area (TPSA) is 54.2 Å². The second-order valence-electron chi connectivity index (χ2n) is 6.96. The minimum absolute atomic E-state index is 0.436. The Balaban J connectivity index is 2.10. The summed E-state index contributed by atoms with van der Waals surface area (Å²) < 4.78 is 40.7. The molecule has 1 aromatic heterocycles. The average molecular weight is 381 g/mol. The molecule has 8 heteroatoms. The SMILES string of the molecule is CCNC(=NCc1ccnn1C)NCC(C)(C)c1cccc(C(F)(F)F)c1. The average Bonchev–Trinajstić information content (AvgIpc) is 3.02. The number of hydrogen-bond acceptors (Lipinski definition) is 2. The van der Waals surface area contributed by atoms with Crippen LogP contribution in [-0.2, 0) is 25.2 Å². The molecule has 0 bridgehead atoms. The quantitative estimate of drug-likeness (QED) is 0.595. The summed E-state index contributed by atoms with van der Waals surface area (Å²) in [7, 11) is 1.85. The van der Waals surface area contributed by atoms with Crippen LogP contribution in [0, 0.1) is 0 Å². The Bertz CT molecular complexity index is 778. The van der Waals surface area contributed by atoms with Gasteiger partial charge in [0.1, 0.15) is 0 Å². The van der Waals surface area contributed by atoms with Crippen molar-refractivity contribution in [2.24, 2.45) is 12.0 Å². The highest BCUT2D eigenvalue weighted by Crippen LogP contribution is 2.32. The molecule has 5 nitrogen and oxygen atoms in total. The zero-order valence-corrected chi connectivity index (χ0v) is 16.1. The Morgan fingerprint density at radius 1 is 1.15 bits per heavy atom. The van der Waals surface area contributed by atoms with E-state index in [1.54, 1.807) is 16.9 Å². The normalized spacial score (nSPS) is 12.9. The Hall–Kier alpha value is -2.51. The number of aromatic nitrogens is 2. The van der Waals surface area contributed by atoms with Gasteiger partial charge in [0.25, 0.3) is 0 Å². The molecule has 2 N–H and O–H groups in total. The van der Waals surface area contributed by atoms with Crippen LogP contribution in [0.25, 0.3) is 0 Å². The van der Waals surface area contributed by atoms with E-state index in [0.717, 1.165) is 11.8 Å². The molecule has 0 spiro atoms. The summed E-state index contributed by atoms with van der Waals surface area (Å²) in [6.45, 7) is 7.34. The number of benzene rings is 1. The molecule has 0 aliphatic rings. The lowest BCUT2D eigenvalue weighted by molar-refractivity contribution is -0.137. The van der Waals surface area contributed by atoms with Crippen LogP contribution in [0.5, 0.6) is 0 Å². The van der Waals surface area contributed by atoms with Crippen molar-refractivity contribution in [1.82, 2.24) is 20.4 Å². The molecule has 0 saturated carbocycles. The standard InChI is InChI=1S/C19H26F3N5/c1-5-23-17(24-12-16-9-10-26-27(16)4)25-13-18(2,3)14-7-6-8-15(11-14)19(20,21)22/h6-11H,5,12-13H2,1-4H3,(H2,23,24,25). The van der Waals surface area contributed by atoms with Gasteiger partial charge in [0, 0.05) is 31.7 Å². The minimum atomic E-state index is -4.35. The van der Waals surface area contributed by atoms with Crippen molar-refractivity contribution in [3.63, 3.8) is 0 Å². The maximum Gasteiger partial charge on any atom is 0.416 e. The molecule has 0 atom stereocenters. The van der Waals surface area contributed by atoms with Gasteiger partial charge in [-0.05, 0) is 24.6 Å². The highest BCUT2D eigenvalue weighted by Gasteiger charge is 2.32. The van der Waals surface area contributed by atoms with Crippen molar-refractivity contribution in [1.29, 1.82) is 0 Å². The van der Waals surface area contributed by atoms with E-state index in [4.69, 9.17) is 0 Å². The summed E-state index contributed by atoms with van der Waals surface area (Å²) in [4.78, 5) is 4.52. The number of guanidine groups is 1. The first-order valence-corrected chi connectivity index (χ1v) is 8.80. The first kappa shape index (κ1) is 20.8. The molecule has 0 fully saturated rings. The van der Waals surface area contributed by atoms with Crippen molar-refractivity contribution in [2.45, 2.75) is 38.9 Å². The van der Waals surface area contributed by atoms with E-state index in [1.807, 2.05) is 33.9 Å². The summed E-state index contributed by atoms with van der Waals surface area (Å²) in [5.74, 6) is 0.610. The molecule has 2 aromatic rings. The summed E-state index contributed by atoms with van der Waals surface area (Å²) in [6, 6.07) is 7.35. The number of rotatable bonds is 6. The Morgan fingerprint density at radius 2 is 1.85 bits per heavy atom. The highest BCUT2D eigenvalue weighted by atomic mass is 19.4. The number of aryl methyl sites for hydroxylation is 1. The van der Waals surface area contributed by atoms with Gasteiger partial charge in [-0.2, -0.15) is 18.3 Å². The third-order valence-corrected chi connectivity index (χ3v) is 4.33. The smallest absolute Gasteiger partial charge is 0.357 e. The van der Waals surface area contributed by atoms with Crippen molar-refractivity contribution in [2.75, 3.05) is 13.1 Å². The monoisotopic (exact) mass is 381 g/mol. The van der Waals surface area contributed by atoms with Gasteiger partial charge >= 0.3 is 6.18 Å². The van der Waals surface area contributed by atoms with Gasteiger partial charge in [0.2, 0.25) is 0 Å². The number of nitrogens with zero attached hydrogens (tertiary/aromatic N) is 3. The van der Waals surface area contributed by atoms with Crippen LogP contribution in [0.3, 0.4) is 0 Å². The Morgan fingerprint density at radius 3 is 2.44 bits per heavy atom. The Labute approximate surface area is 157 Å². The highest BCUT2D eigenvalue weighted by molar-refractivity contribution is 5.79. The van der Waals surface area contributed by atoms with Crippen LogP contribution in [0.4, 0.5) is 13.2 Å². The van der Waals surface area contributed by atoms with E-state index in [2.05, 4.69) is 20.7 Å². The van der Waals surface area contributed by atoms with Crippen molar-refractivity contribution < 1.29 is 13.2 Å². The van der Waals surface area contributed by atoms with Gasteiger partial charge in [-0.3, -0.25) is 4.68 Å². The summed E-state index contributed by atoms with van der Waals surface area (Å²) >= 11 is 0. The molecule has 0 amide bonds. The molecule has 1 heterocycles. The molecule has 0 unspecified atom stereocenters. The molecule has 2 rings (SSSR count). The number of hydrogen-bond donors (Lipinski definition) is 2. The second-order valence-corrected chi connectivity index (χ2v) is 6.96. The lowest BCUT2D eigenvalue weighted by atomic mass is 9.84. The molecule has 148 valence electrons. The molecule has 0 saturated heterocycles. The number of alkyl halides is 3. The number of nitrogens with one attached hydrogen (secondary N) is 2. The zero-order chi connectivity index (χ0) is 20.1. The maximum atomic E-state index is 13.0. The van der Waals surface area contributed by atoms with Crippen LogP contribution in [0.2, 0.25) is 0 Å². The second kappa shape index (κ2) is 8.45. The molecule has 0 aliphatic carbocycles. The molecule has 1 aromatic carbocycles. The fourth-order valence-corrected chi connectivity index (χ4v) is 2.58. The third kappa shape index (κ3) is 5.74. The van der Waals surface area contributed by atoms with Crippen LogP contribution in [0.1, 0.15) is 37.6 Å². The summed E-state index contributed by atoms with van der Waals surface area (Å²) in [5, 5.41) is 10.5. The van der Waals surface area contributed by atoms with Gasteiger partial charge in [0.05, 0.1) is 17.8 Å². The van der Waals surface area contributed by atoms with E-state index < -0.39 is 17.2 Å². The molecular weight excluding hydrogens is 355 g/mol. The molecular formula is C19H26F3N5.